The van der Waals surface area contributed by atoms with Gasteiger partial charge >= 0.3 is 0 Å². The van der Waals surface area contributed by atoms with Gasteiger partial charge in [-0.3, -0.25) is 0 Å². The predicted molar refractivity (Wildman–Crippen MR) is 66.6 cm³/mol. The van der Waals surface area contributed by atoms with E-state index >= 15 is 0 Å². The zero-order valence-electron chi connectivity index (χ0n) is 9.21. The molecule has 0 bridgehead atoms. The average Bonchev–Trinajstić information content (AvgIpc) is 2.24. The van der Waals surface area contributed by atoms with Crippen LogP contribution in [0.1, 0.15) is 12.5 Å². The Morgan fingerprint density at radius 2 is 1.94 bits per heavy atom. The van der Waals surface area contributed by atoms with Crippen LogP contribution in [-0.4, -0.2) is 20.4 Å². The Bertz CT molecular complexity index is 490. The van der Waals surface area contributed by atoms with Gasteiger partial charge in [-0.15, -0.1) is 0 Å². The van der Waals surface area contributed by atoms with Crippen LogP contribution in [0.3, 0.4) is 0 Å². The lowest BCUT2D eigenvalue weighted by atomic mass is 10.2. The zero-order chi connectivity index (χ0) is 12.0. The van der Waals surface area contributed by atoms with Gasteiger partial charge in [-0.2, -0.15) is 5.10 Å². The number of nitrogens with zero attached hydrogens (tertiary/aromatic N) is 1. The van der Waals surface area contributed by atoms with Crippen molar-refractivity contribution in [3.63, 3.8) is 0 Å². The van der Waals surface area contributed by atoms with Crippen LogP contribution >= 0.6 is 0 Å². The molecule has 86 valence electrons. The summed E-state index contributed by atoms with van der Waals surface area (Å²) in [5, 5.41) is 3.70. The molecule has 1 rings (SSSR count). The Kier molecular flexibility index (Phi) is 4.25. The summed E-state index contributed by atoms with van der Waals surface area (Å²) in [5.74, 6) is 0. The number of nitrogens with one attached hydrogen (secondary N) is 1. The number of hydrazone groups is 1. The maximum absolute atomic E-state index is 10.8. The molecule has 0 aliphatic heterocycles. The lowest BCUT2D eigenvalue weighted by Gasteiger charge is -1.96. The van der Waals surface area contributed by atoms with Crippen LogP contribution in [0.15, 0.2) is 41.5 Å². The van der Waals surface area contributed by atoms with E-state index in [1.54, 1.807) is 13.0 Å². The summed E-state index contributed by atoms with van der Waals surface area (Å²) >= 11 is 0. The number of allylic oxidation sites excluding steroid dienone is 1. The largest absolute Gasteiger partial charge is 0.244 e. The Morgan fingerprint density at radius 1 is 1.31 bits per heavy atom. The number of sulfonamides is 1. The highest BCUT2D eigenvalue weighted by Gasteiger charge is 1.95. The first-order valence-corrected chi connectivity index (χ1v) is 6.61. The molecule has 0 unspecified atom stereocenters. The number of hydrogen-bond acceptors (Lipinski definition) is 3. The number of benzene rings is 1. The van der Waals surface area contributed by atoms with Gasteiger partial charge in [0.1, 0.15) is 0 Å². The van der Waals surface area contributed by atoms with Gasteiger partial charge in [-0.25, -0.2) is 13.2 Å². The maximum atomic E-state index is 10.8. The van der Waals surface area contributed by atoms with Gasteiger partial charge in [0.15, 0.2) is 0 Å². The fourth-order valence-corrected chi connectivity index (χ4v) is 1.28. The predicted octanol–water partition coefficient (Wildman–Crippen LogP) is 1.62. The second-order valence-electron chi connectivity index (χ2n) is 3.36. The number of rotatable bonds is 4. The van der Waals surface area contributed by atoms with Crippen molar-refractivity contribution < 1.29 is 8.42 Å². The van der Waals surface area contributed by atoms with Crippen LogP contribution in [0, 0.1) is 0 Å². The molecular formula is C11H14N2O2S. The first-order chi connectivity index (χ1) is 7.47. The van der Waals surface area contributed by atoms with Crippen LogP contribution in [0.4, 0.5) is 0 Å². The Labute approximate surface area is 95.7 Å². The average molecular weight is 238 g/mol. The SMILES string of the molecule is CC(C=Cc1ccccc1)=NNS(C)(=O)=O. The molecule has 0 radical (unpaired) electrons. The van der Waals surface area contributed by atoms with Gasteiger partial charge in [0, 0.05) is 0 Å². The molecule has 1 aromatic rings. The van der Waals surface area contributed by atoms with Gasteiger partial charge in [-0.05, 0) is 18.6 Å². The summed E-state index contributed by atoms with van der Waals surface area (Å²) in [7, 11) is -3.27. The lowest BCUT2D eigenvalue weighted by Crippen LogP contribution is -2.16. The Balaban J connectivity index is 2.65. The van der Waals surface area contributed by atoms with Crippen molar-refractivity contribution in [2.45, 2.75) is 6.92 Å². The third kappa shape index (κ3) is 5.31. The van der Waals surface area contributed by atoms with Gasteiger partial charge in [0.05, 0.1) is 12.0 Å². The summed E-state index contributed by atoms with van der Waals surface area (Å²) in [6.07, 6.45) is 4.67. The standard InChI is InChI=1S/C11H14N2O2S/c1-10(12-13-16(2,14)15)8-9-11-6-4-3-5-7-11/h3-9,13H,1-2H3. The zero-order valence-corrected chi connectivity index (χ0v) is 10.0. The number of hydrogen-bond donors (Lipinski definition) is 1. The third-order valence-corrected chi connectivity index (χ3v) is 2.13. The highest BCUT2D eigenvalue weighted by atomic mass is 32.2. The second-order valence-corrected chi connectivity index (χ2v) is 5.09. The van der Waals surface area contributed by atoms with E-state index in [1.807, 2.05) is 36.4 Å². The van der Waals surface area contributed by atoms with Crippen molar-refractivity contribution in [1.29, 1.82) is 0 Å². The van der Waals surface area contributed by atoms with Gasteiger partial charge in [0.2, 0.25) is 10.0 Å². The first kappa shape index (κ1) is 12.4. The molecule has 0 spiro atoms. The van der Waals surface area contributed by atoms with E-state index in [9.17, 15) is 8.42 Å². The summed E-state index contributed by atoms with van der Waals surface area (Å²) in [6.45, 7) is 1.72. The molecule has 0 aliphatic rings. The molecule has 16 heavy (non-hydrogen) atoms. The molecule has 1 N–H and O–H groups in total. The molecule has 0 aliphatic carbocycles. The highest BCUT2D eigenvalue weighted by molar-refractivity contribution is 7.88. The van der Waals surface area contributed by atoms with Crippen LogP contribution in [0.5, 0.6) is 0 Å². The molecule has 0 amide bonds. The summed E-state index contributed by atoms with van der Waals surface area (Å²) < 4.78 is 21.5. The summed E-state index contributed by atoms with van der Waals surface area (Å²) in [5.41, 5.74) is 1.63. The molecule has 0 saturated carbocycles. The molecule has 0 saturated heterocycles. The fourth-order valence-electron chi connectivity index (χ4n) is 0.973. The van der Waals surface area contributed by atoms with E-state index in [4.69, 9.17) is 0 Å². The van der Waals surface area contributed by atoms with Crippen molar-refractivity contribution in [2.75, 3.05) is 6.26 Å². The molecule has 1 aromatic carbocycles. The van der Waals surface area contributed by atoms with Crippen LogP contribution < -0.4 is 4.83 Å². The van der Waals surface area contributed by atoms with Crippen molar-refractivity contribution >= 4 is 21.8 Å². The second kappa shape index (κ2) is 5.46. The van der Waals surface area contributed by atoms with E-state index in [-0.39, 0.29) is 0 Å². The highest BCUT2D eigenvalue weighted by Crippen LogP contribution is 2.00. The molecule has 0 atom stereocenters. The molecular weight excluding hydrogens is 224 g/mol. The monoisotopic (exact) mass is 238 g/mol. The normalized spacial score (nSPS) is 13.0. The van der Waals surface area contributed by atoms with E-state index in [1.165, 1.54) is 0 Å². The minimum atomic E-state index is -3.27. The molecule has 4 nitrogen and oxygen atoms in total. The maximum Gasteiger partial charge on any atom is 0.244 e. The van der Waals surface area contributed by atoms with Crippen LogP contribution in [0.25, 0.3) is 6.08 Å². The van der Waals surface area contributed by atoms with Crippen LogP contribution in [-0.2, 0) is 10.0 Å². The van der Waals surface area contributed by atoms with E-state index in [0.29, 0.717) is 5.71 Å². The molecule has 0 fully saturated rings. The lowest BCUT2D eigenvalue weighted by molar-refractivity contribution is 0.590. The molecule has 0 heterocycles. The van der Waals surface area contributed by atoms with Crippen LogP contribution in [0.2, 0.25) is 0 Å². The minimum absolute atomic E-state index is 0.592. The van der Waals surface area contributed by atoms with E-state index < -0.39 is 10.0 Å². The summed E-state index contributed by atoms with van der Waals surface area (Å²) in [6, 6.07) is 9.70. The van der Waals surface area contributed by atoms with Crippen molar-refractivity contribution in [2.24, 2.45) is 5.10 Å². The fraction of sp³-hybridized carbons (Fsp3) is 0.182. The Hall–Kier alpha value is -1.62. The Morgan fingerprint density at radius 3 is 2.50 bits per heavy atom. The van der Waals surface area contributed by atoms with Gasteiger partial charge < -0.3 is 0 Å². The topological polar surface area (TPSA) is 58.5 Å². The van der Waals surface area contributed by atoms with Gasteiger partial charge in [-0.1, -0.05) is 36.4 Å². The van der Waals surface area contributed by atoms with E-state index in [0.717, 1.165) is 11.8 Å². The third-order valence-electron chi connectivity index (χ3n) is 1.70. The first-order valence-electron chi connectivity index (χ1n) is 4.71. The van der Waals surface area contributed by atoms with E-state index in [2.05, 4.69) is 9.93 Å². The van der Waals surface area contributed by atoms with Gasteiger partial charge in [0.25, 0.3) is 0 Å². The molecule has 0 aromatic heterocycles. The minimum Gasteiger partial charge on any atom is -0.206 e. The van der Waals surface area contributed by atoms with Crippen molar-refractivity contribution in [3.8, 4) is 0 Å². The van der Waals surface area contributed by atoms with Crippen molar-refractivity contribution in [1.82, 2.24) is 4.83 Å². The summed E-state index contributed by atoms with van der Waals surface area (Å²) in [4.78, 5) is 2.07. The quantitative estimate of drug-likeness (QED) is 0.640. The van der Waals surface area contributed by atoms with Crippen molar-refractivity contribution in [3.05, 3.63) is 42.0 Å². The smallest absolute Gasteiger partial charge is 0.206 e. The molecule has 5 heteroatoms.